The van der Waals surface area contributed by atoms with E-state index < -0.39 is 0 Å². The van der Waals surface area contributed by atoms with Crippen molar-refractivity contribution in [3.63, 3.8) is 0 Å². The molecule has 0 atom stereocenters. The minimum atomic E-state index is -0.195. The summed E-state index contributed by atoms with van der Waals surface area (Å²) in [6, 6.07) is 7.03. The molecule has 0 saturated carbocycles. The molecule has 2 amide bonds. The van der Waals surface area contributed by atoms with Gasteiger partial charge in [0.25, 0.3) is 5.91 Å². The van der Waals surface area contributed by atoms with E-state index in [1.165, 1.54) is 11.0 Å². The highest BCUT2D eigenvalue weighted by atomic mass is 16.2. The van der Waals surface area contributed by atoms with Gasteiger partial charge in [-0.2, -0.15) is 10.1 Å². The second-order valence-electron chi connectivity index (χ2n) is 6.67. The van der Waals surface area contributed by atoms with Gasteiger partial charge in [-0.25, -0.2) is 4.68 Å². The Kier molecular flexibility index (Phi) is 5.25. The van der Waals surface area contributed by atoms with Gasteiger partial charge in [-0.1, -0.05) is 6.58 Å². The highest BCUT2D eigenvalue weighted by Gasteiger charge is 2.27. The molecule has 0 spiro atoms. The number of hydrogen-bond acceptors (Lipinski definition) is 5. The van der Waals surface area contributed by atoms with E-state index in [0.717, 1.165) is 18.7 Å². The van der Waals surface area contributed by atoms with Crippen LogP contribution in [0.15, 0.2) is 36.9 Å². The molecule has 1 fully saturated rings. The van der Waals surface area contributed by atoms with E-state index in [-0.39, 0.29) is 17.7 Å². The van der Waals surface area contributed by atoms with Gasteiger partial charge in [0, 0.05) is 44.4 Å². The highest BCUT2D eigenvalue weighted by Crippen LogP contribution is 2.27. The highest BCUT2D eigenvalue weighted by molar-refractivity contribution is 6.01. The summed E-state index contributed by atoms with van der Waals surface area (Å²) in [7, 11) is 3.44. The van der Waals surface area contributed by atoms with Gasteiger partial charge in [-0.15, -0.1) is 0 Å². The van der Waals surface area contributed by atoms with Crippen LogP contribution in [-0.4, -0.2) is 51.6 Å². The van der Waals surface area contributed by atoms with E-state index in [1.807, 2.05) is 4.90 Å². The second-order valence-corrected chi connectivity index (χ2v) is 6.67. The van der Waals surface area contributed by atoms with Crippen molar-refractivity contribution in [2.45, 2.75) is 18.8 Å². The normalized spacial score (nSPS) is 14.8. The number of anilines is 2. The number of amides is 2. The van der Waals surface area contributed by atoms with Crippen LogP contribution in [0.3, 0.4) is 0 Å². The molecule has 142 valence electrons. The monoisotopic (exact) mass is 368 g/mol. The van der Waals surface area contributed by atoms with Gasteiger partial charge in [0.2, 0.25) is 11.9 Å². The quantitative estimate of drug-likeness (QED) is 0.826. The van der Waals surface area contributed by atoms with Gasteiger partial charge in [-0.3, -0.25) is 9.59 Å². The Labute approximate surface area is 158 Å². The first-order chi connectivity index (χ1) is 12.9. The summed E-state index contributed by atoms with van der Waals surface area (Å²) in [5.41, 5.74) is 7.08. The first-order valence-corrected chi connectivity index (χ1v) is 8.86. The van der Waals surface area contributed by atoms with Gasteiger partial charge >= 0.3 is 0 Å². The van der Waals surface area contributed by atoms with Gasteiger partial charge in [0.05, 0.1) is 0 Å². The molecule has 0 unspecified atom stereocenters. The third-order valence-corrected chi connectivity index (χ3v) is 4.97. The van der Waals surface area contributed by atoms with E-state index in [9.17, 15) is 9.59 Å². The van der Waals surface area contributed by atoms with Crippen LogP contribution in [-0.2, 0) is 11.8 Å². The molecular formula is C19H24N6O2. The lowest BCUT2D eigenvalue weighted by atomic mass is 9.95. The van der Waals surface area contributed by atoms with Crippen molar-refractivity contribution >= 4 is 23.5 Å². The molecular weight excluding hydrogens is 344 g/mol. The Bertz CT molecular complexity index is 830. The fourth-order valence-electron chi connectivity index (χ4n) is 3.21. The summed E-state index contributed by atoms with van der Waals surface area (Å²) in [5, 5.41) is 4.35. The Balaban J connectivity index is 1.62. The smallest absolute Gasteiger partial charge is 0.253 e. The minimum Gasteiger partial charge on any atom is -0.368 e. The summed E-state index contributed by atoms with van der Waals surface area (Å²) in [6.07, 6.45) is 2.88. The molecule has 2 N–H and O–H groups in total. The Morgan fingerprint density at radius 1 is 1.26 bits per heavy atom. The second kappa shape index (κ2) is 7.61. The first-order valence-electron chi connectivity index (χ1n) is 8.86. The van der Waals surface area contributed by atoms with Crippen LogP contribution >= 0.6 is 0 Å². The maximum absolute atomic E-state index is 12.7. The molecule has 1 aliphatic rings. The zero-order valence-electron chi connectivity index (χ0n) is 15.6. The molecule has 27 heavy (non-hydrogen) atoms. The van der Waals surface area contributed by atoms with Gasteiger partial charge in [-0.05, 0) is 43.2 Å². The van der Waals surface area contributed by atoms with E-state index in [0.29, 0.717) is 30.3 Å². The zero-order valence-corrected chi connectivity index (χ0v) is 15.6. The maximum Gasteiger partial charge on any atom is 0.253 e. The summed E-state index contributed by atoms with van der Waals surface area (Å²) >= 11 is 0. The fourth-order valence-corrected chi connectivity index (χ4v) is 3.21. The van der Waals surface area contributed by atoms with Crippen molar-refractivity contribution in [1.82, 2.24) is 19.7 Å². The lowest BCUT2D eigenvalue weighted by Gasteiger charge is -2.31. The standard InChI is InChI=1S/C19H24N6O2/c1-4-16(26)23(2)15-7-5-14(6-8-15)18(27)25-11-9-13(10-12-25)17-21-19(20)24(3)22-17/h4-8,13H,1,9-12H2,2-3H3,(H2,20,21,22). The number of carbonyl (C=O) groups excluding carboxylic acids is 2. The summed E-state index contributed by atoms with van der Waals surface area (Å²) < 4.78 is 1.57. The average molecular weight is 368 g/mol. The van der Waals surface area contributed by atoms with E-state index in [4.69, 9.17) is 5.73 Å². The first kappa shape index (κ1) is 18.6. The third kappa shape index (κ3) is 3.84. The van der Waals surface area contributed by atoms with Crippen LogP contribution in [0.1, 0.15) is 34.9 Å². The van der Waals surface area contributed by atoms with Crippen LogP contribution in [0.25, 0.3) is 0 Å². The summed E-state index contributed by atoms with van der Waals surface area (Å²) in [5.74, 6) is 1.18. The van der Waals surface area contributed by atoms with Gasteiger partial charge in [0.1, 0.15) is 0 Å². The van der Waals surface area contributed by atoms with E-state index in [2.05, 4.69) is 16.7 Å². The number of nitrogen functional groups attached to an aromatic ring is 1. The number of carbonyl (C=O) groups is 2. The average Bonchev–Trinajstić information content (AvgIpc) is 3.05. The predicted molar refractivity (Wildman–Crippen MR) is 103 cm³/mol. The molecule has 1 aromatic carbocycles. The van der Waals surface area contributed by atoms with Crippen molar-refractivity contribution in [3.8, 4) is 0 Å². The molecule has 8 nitrogen and oxygen atoms in total. The molecule has 1 aromatic heterocycles. The number of nitrogens with two attached hydrogens (primary N) is 1. The number of nitrogens with zero attached hydrogens (tertiary/aromatic N) is 5. The Hall–Kier alpha value is -3.16. The largest absolute Gasteiger partial charge is 0.368 e. The molecule has 0 bridgehead atoms. The SMILES string of the molecule is C=CC(=O)N(C)c1ccc(C(=O)N2CCC(c3nc(N)n(C)n3)CC2)cc1. The van der Waals surface area contributed by atoms with Crippen LogP contribution in [0.4, 0.5) is 11.6 Å². The van der Waals surface area contributed by atoms with Crippen LogP contribution in [0.2, 0.25) is 0 Å². The molecule has 2 aromatic rings. The van der Waals surface area contributed by atoms with Gasteiger partial charge < -0.3 is 15.5 Å². The number of likely N-dealkylation sites (tertiary alicyclic amines) is 1. The lowest BCUT2D eigenvalue weighted by Crippen LogP contribution is -2.38. The van der Waals surface area contributed by atoms with E-state index >= 15 is 0 Å². The number of benzene rings is 1. The molecule has 1 aliphatic heterocycles. The number of hydrogen-bond donors (Lipinski definition) is 1. The molecule has 0 radical (unpaired) electrons. The molecule has 0 aliphatic carbocycles. The number of aromatic nitrogens is 3. The van der Waals surface area contributed by atoms with Crippen molar-refractivity contribution < 1.29 is 9.59 Å². The number of rotatable bonds is 4. The van der Waals surface area contributed by atoms with Crippen molar-refractivity contribution in [2.24, 2.45) is 7.05 Å². The lowest BCUT2D eigenvalue weighted by molar-refractivity contribution is -0.113. The van der Waals surface area contributed by atoms with Crippen molar-refractivity contribution in [1.29, 1.82) is 0 Å². The maximum atomic E-state index is 12.7. The number of piperidine rings is 1. The fraction of sp³-hybridized carbons (Fsp3) is 0.368. The molecule has 2 heterocycles. The van der Waals surface area contributed by atoms with Crippen molar-refractivity contribution in [2.75, 3.05) is 30.8 Å². The van der Waals surface area contributed by atoms with Crippen LogP contribution in [0.5, 0.6) is 0 Å². The summed E-state index contributed by atoms with van der Waals surface area (Å²) in [6.45, 7) is 4.78. The van der Waals surface area contributed by atoms with Crippen LogP contribution < -0.4 is 10.6 Å². The van der Waals surface area contributed by atoms with E-state index in [1.54, 1.807) is 43.0 Å². The minimum absolute atomic E-state index is 0.00815. The molecule has 3 rings (SSSR count). The number of aryl methyl sites for hydroxylation is 1. The number of likely N-dealkylation sites (N-methyl/N-ethyl adjacent to an activating group) is 1. The Morgan fingerprint density at radius 3 is 2.41 bits per heavy atom. The van der Waals surface area contributed by atoms with Crippen LogP contribution in [0, 0.1) is 0 Å². The molecule has 8 heteroatoms. The van der Waals surface area contributed by atoms with Gasteiger partial charge in [0.15, 0.2) is 5.82 Å². The summed E-state index contributed by atoms with van der Waals surface area (Å²) in [4.78, 5) is 32.0. The van der Waals surface area contributed by atoms with Crippen molar-refractivity contribution in [3.05, 3.63) is 48.3 Å². The third-order valence-electron chi connectivity index (χ3n) is 4.97. The topological polar surface area (TPSA) is 97.4 Å². The molecule has 1 saturated heterocycles. The Morgan fingerprint density at radius 2 is 1.89 bits per heavy atom. The predicted octanol–water partition coefficient (Wildman–Crippen LogP) is 1.57. The zero-order chi connectivity index (χ0) is 19.6.